The van der Waals surface area contributed by atoms with Gasteiger partial charge in [-0.3, -0.25) is 14.4 Å². The Morgan fingerprint density at radius 1 is 0.971 bits per heavy atom. The maximum absolute atomic E-state index is 13.8. The number of nitrogens with zero attached hydrogens (tertiary/aromatic N) is 2. The summed E-state index contributed by atoms with van der Waals surface area (Å²) in [5.74, 6) is -1.31. The van der Waals surface area contributed by atoms with Gasteiger partial charge in [0.05, 0.1) is 22.9 Å². The summed E-state index contributed by atoms with van der Waals surface area (Å²) in [5.41, 5.74) is 1.11. The first-order valence-corrected chi connectivity index (χ1v) is 11.4. The zero-order valence-electron chi connectivity index (χ0n) is 18.2. The minimum atomic E-state index is -0.590. The molecule has 0 aromatic heterocycles. The van der Waals surface area contributed by atoms with Crippen molar-refractivity contribution < 1.29 is 18.8 Å². The van der Waals surface area contributed by atoms with Crippen LogP contribution in [0.4, 0.5) is 15.8 Å². The second-order valence-electron chi connectivity index (χ2n) is 7.47. The second-order valence-corrected chi connectivity index (χ2v) is 8.89. The van der Waals surface area contributed by atoms with Crippen LogP contribution in [0.25, 0.3) is 0 Å². The van der Waals surface area contributed by atoms with E-state index in [2.05, 4.69) is 15.7 Å². The maximum atomic E-state index is 13.8. The molecule has 1 heterocycles. The monoisotopic (exact) mass is 476 g/mol. The quantitative estimate of drug-likeness (QED) is 0.515. The first-order chi connectivity index (χ1) is 16.4. The van der Waals surface area contributed by atoms with Crippen molar-refractivity contribution in [2.24, 2.45) is 5.10 Å². The van der Waals surface area contributed by atoms with Crippen LogP contribution in [0.2, 0.25) is 0 Å². The van der Waals surface area contributed by atoms with Gasteiger partial charge in [-0.25, -0.2) is 4.39 Å². The largest absolute Gasteiger partial charge is 0.322 e. The number of para-hydroxylation sites is 1. The lowest BCUT2D eigenvalue weighted by Crippen LogP contribution is -2.35. The Bertz CT molecular complexity index is 1250. The number of thioether (sulfide) groups is 1. The van der Waals surface area contributed by atoms with E-state index in [1.54, 1.807) is 49.4 Å². The van der Waals surface area contributed by atoms with Crippen molar-refractivity contribution in [2.45, 2.75) is 23.5 Å². The number of anilines is 2. The Labute approximate surface area is 200 Å². The molecule has 3 aromatic rings. The minimum Gasteiger partial charge on any atom is -0.322 e. The summed E-state index contributed by atoms with van der Waals surface area (Å²) in [4.78, 5) is 37.9. The molecule has 0 radical (unpaired) electrons. The lowest BCUT2D eigenvalue weighted by molar-refractivity contribution is -0.118. The van der Waals surface area contributed by atoms with Crippen LogP contribution in [0, 0.1) is 5.82 Å². The van der Waals surface area contributed by atoms with Crippen molar-refractivity contribution >= 4 is 46.7 Å². The standard InChI is InChI=1S/C25H21FN4O3S/c1-16(24(32)28-22-15-23(31)30(29-22)18-7-3-2-4-8-18)34-19-13-11-17(12-14-19)27-25(33)20-9-5-6-10-21(20)26/h2-14,16H,15H2,1H3,(H,27,33)(H,28,29,32). The molecular weight excluding hydrogens is 455 g/mol. The van der Waals surface area contributed by atoms with E-state index in [-0.39, 0.29) is 23.8 Å². The zero-order chi connectivity index (χ0) is 24.1. The Morgan fingerprint density at radius 2 is 1.65 bits per heavy atom. The number of amides is 3. The molecule has 3 amide bonds. The van der Waals surface area contributed by atoms with Gasteiger partial charge in [0.25, 0.3) is 11.8 Å². The summed E-state index contributed by atoms with van der Waals surface area (Å²) in [7, 11) is 0. The van der Waals surface area contributed by atoms with E-state index in [1.165, 1.54) is 35.0 Å². The Hall–Kier alpha value is -3.98. The highest BCUT2D eigenvalue weighted by atomic mass is 32.2. The van der Waals surface area contributed by atoms with Crippen molar-refractivity contribution in [1.82, 2.24) is 5.32 Å². The molecule has 0 saturated heterocycles. The number of amidine groups is 1. The SMILES string of the molecule is CC(Sc1ccc(NC(=O)c2ccccc2F)cc1)C(=O)NC1=NN(c2ccccc2)C(=O)C1. The van der Waals surface area contributed by atoms with Gasteiger partial charge in [0.15, 0.2) is 0 Å². The molecular formula is C25H21FN4O3S. The van der Waals surface area contributed by atoms with E-state index >= 15 is 0 Å². The number of hydrogen-bond acceptors (Lipinski definition) is 5. The van der Waals surface area contributed by atoms with Crippen LogP contribution < -0.4 is 15.6 Å². The second kappa shape index (κ2) is 10.3. The normalized spacial score (nSPS) is 13.9. The molecule has 0 fully saturated rings. The van der Waals surface area contributed by atoms with Crippen molar-refractivity contribution in [3.63, 3.8) is 0 Å². The van der Waals surface area contributed by atoms with Crippen LogP contribution in [0.15, 0.2) is 88.9 Å². The number of carbonyl (C=O) groups excluding carboxylic acids is 3. The molecule has 1 aliphatic heterocycles. The molecule has 2 N–H and O–H groups in total. The van der Waals surface area contributed by atoms with E-state index in [0.717, 1.165) is 4.90 Å². The van der Waals surface area contributed by atoms with Crippen LogP contribution >= 0.6 is 11.8 Å². The van der Waals surface area contributed by atoms with E-state index in [4.69, 9.17) is 0 Å². The van der Waals surface area contributed by atoms with Crippen LogP contribution in [0.3, 0.4) is 0 Å². The smallest absolute Gasteiger partial charge is 0.258 e. The molecule has 0 spiro atoms. The molecule has 1 aliphatic rings. The van der Waals surface area contributed by atoms with Gasteiger partial charge < -0.3 is 10.6 Å². The number of carbonyl (C=O) groups is 3. The van der Waals surface area contributed by atoms with Crippen molar-refractivity contribution in [2.75, 3.05) is 10.3 Å². The average molecular weight is 477 g/mol. The van der Waals surface area contributed by atoms with Gasteiger partial charge in [0.2, 0.25) is 5.91 Å². The number of hydrazone groups is 1. The summed E-state index contributed by atoms with van der Waals surface area (Å²) < 4.78 is 13.8. The fraction of sp³-hybridized carbons (Fsp3) is 0.120. The molecule has 0 aliphatic carbocycles. The minimum absolute atomic E-state index is 0.0222. The van der Waals surface area contributed by atoms with E-state index in [0.29, 0.717) is 17.2 Å². The van der Waals surface area contributed by atoms with Crippen molar-refractivity contribution in [3.8, 4) is 0 Å². The van der Waals surface area contributed by atoms with Gasteiger partial charge in [-0.2, -0.15) is 10.1 Å². The third-order valence-electron chi connectivity index (χ3n) is 4.96. The molecule has 7 nitrogen and oxygen atoms in total. The Balaban J connectivity index is 1.32. The number of nitrogens with one attached hydrogen (secondary N) is 2. The van der Waals surface area contributed by atoms with Gasteiger partial charge in [0, 0.05) is 10.6 Å². The number of benzene rings is 3. The predicted molar refractivity (Wildman–Crippen MR) is 130 cm³/mol. The zero-order valence-corrected chi connectivity index (χ0v) is 19.0. The topological polar surface area (TPSA) is 90.9 Å². The van der Waals surface area contributed by atoms with E-state index in [9.17, 15) is 18.8 Å². The van der Waals surface area contributed by atoms with Gasteiger partial charge in [-0.05, 0) is 55.5 Å². The maximum Gasteiger partial charge on any atom is 0.258 e. The molecule has 34 heavy (non-hydrogen) atoms. The van der Waals surface area contributed by atoms with Crippen LogP contribution in [0.5, 0.6) is 0 Å². The average Bonchev–Trinajstić information content (AvgIpc) is 3.20. The molecule has 172 valence electrons. The highest BCUT2D eigenvalue weighted by molar-refractivity contribution is 8.00. The highest BCUT2D eigenvalue weighted by Crippen LogP contribution is 2.26. The number of rotatable bonds is 6. The third kappa shape index (κ3) is 5.49. The third-order valence-corrected chi connectivity index (χ3v) is 6.07. The first kappa shape index (κ1) is 23.2. The molecule has 1 atom stereocenters. The summed E-state index contributed by atoms with van der Waals surface area (Å²) in [6.07, 6.45) is 0.0222. The van der Waals surface area contributed by atoms with Crippen molar-refractivity contribution in [1.29, 1.82) is 0 Å². The summed E-state index contributed by atoms with van der Waals surface area (Å²) in [6, 6.07) is 21.7. The van der Waals surface area contributed by atoms with Crippen LogP contribution in [-0.4, -0.2) is 28.8 Å². The summed E-state index contributed by atoms with van der Waals surface area (Å²) in [6.45, 7) is 1.75. The molecule has 3 aromatic carbocycles. The van der Waals surface area contributed by atoms with Gasteiger partial charge in [0.1, 0.15) is 11.7 Å². The number of halogens is 1. The van der Waals surface area contributed by atoms with E-state index in [1.807, 2.05) is 18.2 Å². The molecule has 4 rings (SSSR count). The highest BCUT2D eigenvalue weighted by Gasteiger charge is 2.27. The van der Waals surface area contributed by atoms with E-state index < -0.39 is 17.0 Å². The summed E-state index contributed by atoms with van der Waals surface area (Å²) in [5, 5.41) is 10.4. The predicted octanol–water partition coefficient (Wildman–Crippen LogP) is 4.43. The lowest BCUT2D eigenvalue weighted by Gasteiger charge is -2.12. The first-order valence-electron chi connectivity index (χ1n) is 10.5. The Morgan fingerprint density at radius 3 is 2.35 bits per heavy atom. The Kier molecular flexibility index (Phi) is 7.03. The fourth-order valence-corrected chi connectivity index (χ4v) is 4.10. The van der Waals surface area contributed by atoms with Crippen LogP contribution in [-0.2, 0) is 9.59 Å². The summed E-state index contributed by atoms with van der Waals surface area (Å²) >= 11 is 1.32. The van der Waals surface area contributed by atoms with Gasteiger partial charge >= 0.3 is 0 Å². The molecule has 9 heteroatoms. The lowest BCUT2D eigenvalue weighted by atomic mass is 10.2. The van der Waals surface area contributed by atoms with Gasteiger partial charge in [-0.1, -0.05) is 30.3 Å². The van der Waals surface area contributed by atoms with Crippen molar-refractivity contribution in [3.05, 3.63) is 90.2 Å². The van der Waals surface area contributed by atoms with Crippen LogP contribution in [0.1, 0.15) is 23.7 Å². The fourth-order valence-electron chi connectivity index (χ4n) is 3.23. The molecule has 1 unspecified atom stereocenters. The van der Waals surface area contributed by atoms with Gasteiger partial charge in [-0.15, -0.1) is 11.8 Å². The molecule has 0 bridgehead atoms. The molecule has 0 saturated carbocycles. The number of hydrogen-bond donors (Lipinski definition) is 2.